The Morgan fingerprint density at radius 2 is 1.86 bits per heavy atom. The van der Waals surface area contributed by atoms with Gasteiger partial charge in [-0.3, -0.25) is 0 Å². The summed E-state index contributed by atoms with van der Waals surface area (Å²) in [5.74, 6) is 0. The molecule has 1 aliphatic rings. The van der Waals surface area contributed by atoms with E-state index in [1.165, 1.54) is 0 Å². The molecule has 110 valence electrons. The van der Waals surface area contributed by atoms with Crippen LogP contribution in [0.1, 0.15) is 27.7 Å². The molecule has 0 bridgehead atoms. The molecule has 1 aliphatic heterocycles. The summed E-state index contributed by atoms with van der Waals surface area (Å²) in [6.07, 6.45) is 3.39. The smallest absolute Gasteiger partial charge is 0.398 e. The molecule has 0 spiro atoms. The molecule has 0 unspecified atom stereocenters. The Bertz CT molecular complexity index is 658. The number of aromatic nitrogens is 4. The van der Waals surface area contributed by atoms with E-state index in [4.69, 9.17) is 20.9 Å². The molecule has 3 rings (SSSR count). The van der Waals surface area contributed by atoms with Crippen molar-refractivity contribution in [3.63, 3.8) is 0 Å². The van der Waals surface area contributed by atoms with Crippen LogP contribution < -0.4 is 5.59 Å². The second kappa shape index (κ2) is 4.79. The van der Waals surface area contributed by atoms with Gasteiger partial charge in [0.05, 0.1) is 23.1 Å². The lowest BCUT2D eigenvalue weighted by atomic mass is 9.86. The molecule has 0 saturated carbocycles. The molecule has 3 heterocycles. The molecule has 1 saturated heterocycles. The number of hydrogen-bond donors (Lipinski definition) is 0. The molecule has 8 heteroatoms. The zero-order valence-corrected chi connectivity index (χ0v) is 13.1. The standard InChI is InChI=1S/C13H16BClN4O2/c1-12(2)13(3,4)21-14(20-12)10-8-19(18-17-10)9-5-6-16-11(15)7-9/h5-8H,1-4H3. The molecule has 2 aromatic rings. The van der Waals surface area contributed by atoms with E-state index in [0.717, 1.165) is 5.69 Å². The summed E-state index contributed by atoms with van der Waals surface area (Å²) in [7, 11) is -0.527. The molecule has 0 atom stereocenters. The summed E-state index contributed by atoms with van der Waals surface area (Å²) >= 11 is 5.88. The first-order chi connectivity index (χ1) is 9.78. The van der Waals surface area contributed by atoms with Crippen molar-refractivity contribution < 1.29 is 9.31 Å². The van der Waals surface area contributed by atoms with E-state index in [2.05, 4.69) is 15.3 Å². The van der Waals surface area contributed by atoms with Gasteiger partial charge in [0.2, 0.25) is 0 Å². The molecule has 21 heavy (non-hydrogen) atoms. The number of rotatable bonds is 2. The summed E-state index contributed by atoms with van der Waals surface area (Å²) in [6.45, 7) is 8.00. The van der Waals surface area contributed by atoms with Crippen molar-refractivity contribution in [2.24, 2.45) is 0 Å². The van der Waals surface area contributed by atoms with Crippen LogP contribution in [0.5, 0.6) is 0 Å². The predicted molar refractivity (Wildman–Crippen MR) is 79.9 cm³/mol. The van der Waals surface area contributed by atoms with E-state index < -0.39 is 18.3 Å². The van der Waals surface area contributed by atoms with Gasteiger partial charge in [-0.05, 0) is 33.8 Å². The van der Waals surface area contributed by atoms with Gasteiger partial charge in [0.25, 0.3) is 0 Å². The van der Waals surface area contributed by atoms with Gasteiger partial charge in [-0.15, -0.1) is 5.10 Å². The lowest BCUT2D eigenvalue weighted by Gasteiger charge is -2.32. The second-order valence-electron chi connectivity index (χ2n) is 6.01. The van der Waals surface area contributed by atoms with E-state index in [-0.39, 0.29) is 0 Å². The molecule has 0 radical (unpaired) electrons. The molecule has 0 aliphatic carbocycles. The van der Waals surface area contributed by atoms with Crippen molar-refractivity contribution in [1.82, 2.24) is 20.0 Å². The van der Waals surface area contributed by atoms with Crippen molar-refractivity contribution in [1.29, 1.82) is 0 Å². The predicted octanol–water partition coefficient (Wildman–Crippen LogP) is 1.61. The second-order valence-corrected chi connectivity index (χ2v) is 6.40. The van der Waals surface area contributed by atoms with Gasteiger partial charge < -0.3 is 9.31 Å². The molecular weight excluding hydrogens is 290 g/mol. The van der Waals surface area contributed by atoms with E-state index in [0.29, 0.717) is 10.7 Å². The van der Waals surface area contributed by atoms with Gasteiger partial charge in [0.15, 0.2) is 0 Å². The Balaban J connectivity index is 1.87. The van der Waals surface area contributed by atoms with Gasteiger partial charge in [0.1, 0.15) is 10.7 Å². The summed E-state index contributed by atoms with van der Waals surface area (Å²) in [5, 5.41) is 8.63. The fourth-order valence-corrected chi connectivity index (χ4v) is 2.18. The van der Waals surface area contributed by atoms with E-state index in [1.807, 2.05) is 27.7 Å². The van der Waals surface area contributed by atoms with Crippen LogP contribution >= 0.6 is 11.6 Å². The average Bonchev–Trinajstić information content (AvgIpc) is 2.93. The van der Waals surface area contributed by atoms with Crippen molar-refractivity contribution in [3.8, 4) is 5.69 Å². The zero-order chi connectivity index (χ0) is 15.3. The topological polar surface area (TPSA) is 62.1 Å². The van der Waals surface area contributed by atoms with Crippen LogP contribution in [0.3, 0.4) is 0 Å². The summed E-state index contributed by atoms with van der Waals surface area (Å²) < 4.78 is 13.5. The highest BCUT2D eigenvalue weighted by atomic mass is 35.5. The van der Waals surface area contributed by atoms with Crippen LogP contribution in [0.25, 0.3) is 5.69 Å². The summed E-state index contributed by atoms with van der Waals surface area (Å²) in [4.78, 5) is 3.94. The van der Waals surface area contributed by atoms with Crippen LogP contribution in [-0.4, -0.2) is 38.3 Å². The highest BCUT2D eigenvalue weighted by Gasteiger charge is 2.52. The molecule has 1 fully saturated rings. The Morgan fingerprint density at radius 3 is 2.48 bits per heavy atom. The van der Waals surface area contributed by atoms with Gasteiger partial charge in [0, 0.05) is 12.3 Å². The lowest BCUT2D eigenvalue weighted by Crippen LogP contribution is -2.41. The van der Waals surface area contributed by atoms with Gasteiger partial charge in [-0.1, -0.05) is 16.8 Å². The maximum atomic E-state index is 5.95. The Hall–Kier alpha value is -1.44. The number of nitrogens with zero attached hydrogens (tertiary/aromatic N) is 4. The van der Waals surface area contributed by atoms with Crippen LogP contribution in [0, 0.1) is 0 Å². The van der Waals surface area contributed by atoms with E-state index >= 15 is 0 Å². The Morgan fingerprint density at radius 1 is 1.19 bits per heavy atom. The average molecular weight is 307 g/mol. The number of halogens is 1. The van der Waals surface area contributed by atoms with Crippen LogP contribution in [0.15, 0.2) is 24.5 Å². The largest absolute Gasteiger partial charge is 0.518 e. The Labute approximate surface area is 128 Å². The monoisotopic (exact) mass is 306 g/mol. The third-order valence-corrected chi connectivity index (χ3v) is 4.19. The first-order valence-corrected chi connectivity index (χ1v) is 7.06. The molecule has 0 N–H and O–H groups in total. The molecule has 2 aromatic heterocycles. The van der Waals surface area contributed by atoms with Crippen LogP contribution in [-0.2, 0) is 9.31 Å². The first-order valence-electron chi connectivity index (χ1n) is 6.68. The minimum absolute atomic E-state index is 0.401. The van der Waals surface area contributed by atoms with Crippen molar-refractivity contribution >= 4 is 24.3 Å². The van der Waals surface area contributed by atoms with Gasteiger partial charge in [-0.2, -0.15) is 0 Å². The highest BCUT2D eigenvalue weighted by molar-refractivity contribution is 6.61. The number of hydrogen-bond acceptors (Lipinski definition) is 5. The van der Waals surface area contributed by atoms with Crippen LogP contribution in [0.4, 0.5) is 0 Å². The molecule has 0 amide bonds. The lowest BCUT2D eigenvalue weighted by molar-refractivity contribution is 0.00578. The third kappa shape index (κ3) is 2.56. The summed E-state index contributed by atoms with van der Waals surface area (Å²) in [5.41, 5.74) is 0.606. The first kappa shape index (κ1) is 14.5. The maximum Gasteiger partial charge on any atom is 0.518 e. The minimum Gasteiger partial charge on any atom is -0.398 e. The SMILES string of the molecule is CC1(C)OB(c2cn(-c3ccnc(Cl)c3)nn2)OC1(C)C. The maximum absolute atomic E-state index is 5.95. The van der Waals surface area contributed by atoms with Crippen LogP contribution in [0.2, 0.25) is 5.15 Å². The molecule has 6 nitrogen and oxygen atoms in total. The third-order valence-electron chi connectivity index (χ3n) is 3.98. The number of pyridine rings is 1. The van der Waals surface area contributed by atoms with Gasteiger partial charge in [-0.25, -0.2) is 9.67 Å². The van der Waals surface area contributed by atoms with Crippen molar-refractivity contribution in [2.45, 2.75) is 38.9 Å². The normalized spacial score (nSPS) is 20.0. The van der Waals surface area contributed by atoms with E-state index in [1.54, 1.807) is 29.2 Å². The van der Waals surface area contributed by atoms with Crippen molar-refractivity contribution in [2.75, 3.05) is 0 Å². The van der Waals surface area contributed by atoms with Crippen molar-refractivity contribution in [3.05, 3.63) is 29.7 Å². The Kier molecular flexibility index (Phi) is 3.31. The quantitative estimate of drug-likeness (QED) is 0.623. The fourth-order valence-electron chi connectivity index (χ4n) is 2.01. The highest BCUT2D eigenvalue weighted by Crippen LogP contribution is 2.36. The van der Waals surface area contributed by atoms with Gasteiger partial charge >= 0.3 is 7.12 Å². The summed E-state index contributed by atoms with van der Waals surface area (Å²) in [6, 6.07) is 3.51. The molecular formula is C13H16BClN4O2. The fraction of sp³-hybridized carbons (Fsp3) is 0.462. The zero-order valence-electron chi connectivity index (χ0n) is 12.4. The molecule has 0 aromatic carbocycles. The van der Waals surface area contributed by atoms with E-state index in [9.17, 15) is 0 Å². The minimum atomic E-state index is -0.527.